The van der Waals surface area contributed by atoms with Crippen molar-refractivity contribution in [1.29, 1.82) is 0 Å². The Morgan fingerprint density at radius 1 is 1.26 bits per heavy atom. The summed E-state index contributed by atoms with van der Waals surface area (Å²) in [5, 5.41) is 0. The lowest BCUT2D eigenvalue weighted by Crippen LogP contribution is -2.32. The zero-order valence-electron chi connectivity index (χ0n) is 10.5. The first kappa shape index (κ1) is 15.5. The average molecular weight is 278 g/mol. The van der Waals surface area contributed by atoms with Gasteiger partial charge in [0.2, 0.25) is 0 Å². The van der Waals surface area contributed by atoms with Gasteiger partial charge in [-0.2, -0.15) is 13.2 Å². The predicted molar refractivity (Wildman–Crippen MR) is 61.0 cm³/mol. The molecule has 19 heavy (non-hydrogen) atoms. The third-order valence-corrected chi connectivity index (χ3v) is 2.79. The molecular formula is C13H14F4O2. The molecule has 2 nitrogen and oxygen atoms in total. The summed E-state index contributed by atoms with van der Waals surface area (Å²) < 4.78 is 55.8. The van der Waals surface area contributed by atoms with Gasteiger partial charge in [-0.15, -0.1) is 0 Å². The Labute approximate surface area is 108 Å². The van der Waals surface area contributed by atoms with Crippen LogP contribution in [0.25, 0.3) is 0 Å². The molecule has 1 aromatic carbocycles. The maximum atomic E-state index is 12.8. The van der Waals surface area contributed by atoms with Crippen molar-refractivity contribution in [3.05, 3.63) is 35.6 Å². The Bertz CT molecular complexity index is 425. The molecular weight excluding hydrogens is 264 g/mol. The standard InChI is InChI=1S/C13H14F4O2/c1-3-19-12(18)11(8(2)13(15,16)17)9-4-6-10(14)7-5-9/h4-8,11H,3H2,1-2H3. The van der Waals surface area contributed by atoms with Crippen LogP contribution in [0.4, 0.5) is 17.6 Å². The van der Waals surface area contributed by atoms with Crippen molar-refractivity contribution in [2.75, 3.05) is 6.61 Å². The molecule has 0 aromatic heterocycles. The zero-order valence-corrected chi connectivity index (χ0v) is 10.5. The van der Waals surface area contributed by atoms with Gasteiger partial charge in [0.1, 0.15) is 5.82 Å². The fraction of sp³-hybridized carbons (Fsp3) is 0.462. The second-order valence-corrected chi connectivity index (χ2v) is 4.11. The summed E-state index contributed by atoms with van der Waals surface area (Å²) in [7, 11) is 0. The van der Waals surface area contributed by atoms with Crippen LogP contribution in [0.1, 0.15) is 25.3 Å². The van der Waals surface area contributed by atoms with Gasteiger partial charge < -0.3 is 4.74 Å². The van der Waals surface area contributed by atoms with Gasteiger partial charge in [-0.3, -0.25) is 4.79 Å². The smallest absolute Gasteiger partial charge is 0.392 e. The lowest BCUT2D eigenvalue weighted by atomic mass is 9.86. The lowest BCUT2D eigenvalue weighted by Gasteiger charge is -2.24. The molecule has 0 fully saturated rings. The fourth-order valence-electron chi connectivity index (χ4n) is 1.72. The van der Waals surface area contributed by atoms with Crippen molar-refractivity contribution in [3.63, 3.8) is 0 Å². The summed E-state index contributed by atoms with van der Waals surface area (Å²) in [5.41, 5.74) is 0.0877. The van der Waals surface area contributed by atoms with Crippen LogP contribution in [0, 0.1) is 11.7 Å². The highest BCUT2D eigenvalue weighted by Crippen LogP contribution is 2.38. The molecule has 106 valence electrons. The van der Waals surface area contributed by atoms with E-state index in [4.69, 9.17) is 0 Å². The Hall–Kier alpha value is -1.59. The topological polar surface area (TPSA) is 26.3 Å². The van der Waals surface area contributed by atoms with Crippen molar-refractivity contribution in [3.8, 4) is 0 Å². The van der Waals surface area contributed by atoms with Crippen LogP contribution in [0.2, 0.25) is 0 Å². The van der Waals surface area contributed by atoms with Gasteiger partial charge in [-0.25, -0.2) is 4.39 Å². The number of halogens is 4. The zero-order chi connectivity index (χ0) is 14.6. The first-order valence-corrected chi connectivity index (χ1v) is 5.76. The second-order valence-electron chi connectivity index (χ2n) is 4.11. The van der Waals surface area contributed by atoms with Gasteiger partial charge in [0, 0.05) is 0 Å². The van der Waals surface area contributed by atoms with Gasteiger partial charge in [0.25, 0.3) is 0 Å². The molecule has 0 heterocycles. The summed E-state index contributed by atoms with van der Waals surface area (Å²) in [5.74, 6) is -4.93. The summed E-state index contributed by atoms with van der Waals surface area (Å²) in [6.07, 6.45) is -4.54. The fourth-order valence-corrected chi connectivity index (χ4v) is 1.72. The van der Waals surface area contributed by atoms with E-state index in [1.807, 2.05) is 0 Å². The highest BCUT2D eigenvalue weighted by Gasteiger charge is 2.45. The van der Waals surface area contributed by atoms with Crippen molar-refractivity contribution in [2.24, 2.45) is 5.92 Å². The average Bonchev–Trinajstić information content (AvgIpc) is 2.31. The molecule has 6 heteroatoms. The number of hydrogen-bond donors (Lipinski definition) is 0. The monoisotopic (exact) mass is 278 g/mol. The lowest BCUT2D eigenvalue weighted by molar-refractivity contribution is -0.185. The molecule has 0 aliphatic rings. The molecule has 2 unspecified atom stereocenters. The highest BCUT2D eigenvalue weighted by atomic mass is 19.4. The first-order chi connectivity index (χ1) is 8.77. The molecule has 0 N–H and O–H groups in total. The van der Waals surface area contributed by atoms with Crippen molar-refractivity contribution < 1.29 is 27.1 Å². The SMILES string of the molecule is CCOC(=O)C(c1ccc(F)cc1)C(C)C(F)(F)F. The van der Waals surface area contributed by atoms with Gasteiger partial charge >= 0.3 is 12.1 Å². The predicted octanol–water partition coefficient (Wildman–Crippen LogP) is 3.67. The van der Waals surface area contributed by atoms with E-state index in [2.05, 4.69) is 4.74 Å². The molecule has 0 amide bonds. The van der Waals surface area contributed by atoms with Gasteiger partial charge in [0.05, 0.1) is 18.4 Å². The number of carbonyl (C=O) groups is 1. The molecule has 1 rings (SSSR count). The molecule has 1 aromatic rings. The molecule has 2 atom stereocenters. The second kappa shape index (κ2) is 6.04. The Balaban J connectivity index is 3.12. The van der Waals surface area contributed by atoms with Crippen LogP contribution in [0.5, 0.6) is 0 Å². The number of ether oxygens (including phenoxy) is 1. The quantitative estimate of drug-likeness (QED) is 0.620. The van der Waals surface area contributed by atoms with Crippen molar-refractivity contribution in [2.45, 2.75) is 25.9 Å². The van der Waals surface area contributed by atoms with E-state index < -0.39 is 29.8 Å². The van der Waals surface area contributed by atoms with E-state index in [1.54, 1.807) is 0 Å². The van der Waals surface area contributed by atoms with Gasteiger partial charge in [0.15, 0.2) is 0 Å². The van der Waals surface area contributed by atoms with Crippen LogP contribution >= 0.6 is 0 Å². The first-order valence-electron chi connectivity index (χ1n) is 5.76. The number of rotatable bonds is 4. The largest absolute Gasteiger partial charge is 0.466 e. The molecule has 0 spiro atoms. The van der Waals surface area contributed by atoms with E-state index in [0.29, 0.717) is 0 Å². The van der Waals surface area contributed by atoms with E-state index in [-0.39, 0.29) is 12.2 Å². The minimum absolute atomic E-state index is 0.0128. The third-order valence-electron chi connectivity index (χ3n) is 2.79. The molecule has 0 radical (unpaired) electrons. The highest BCUT2D eigenvalue weighted by molar-refractivity contribution is 5.78. The number of alkyl halides is 3. The molecule has 0 saturated carbocycles. The van der Waals surface area contributed by atoms with Crippen molar-refractivity contribution in [1.82, 2.24) is 0 Å². The number of hydrogen-bond acceptors (Lipinski definition) is 2. The summed E-state index contributed by atoms with van der Waals surface area (Å²) >= 11 is 0. The van der Waals surface area contributed by atoms with E-state index in [0.717, 1.165) is 19.1 Å². The summed E-state index contributed by atoms with van der Waals surface area (Å²) in [6.45, 7) is 2.41. The molecule has 0 aliphatic heterocycles. The maximum absolute atomic E-state index is 12.8. The Kier molecular flexibility index (Phi) is 4.91. The number of benzene rings is 1. The van der Waals surface area contributed by atoms with Crippen molar-refractivity contribution >= 4 is 5.97 Å². The Morgan fingerprint density at radius 3 is 2.21 bits per heavy atom. The van der Waals surface area contributed by atoms with Gasteiger partial charge in [-0.1, -0.05) is 19.1 Å². The van der Waals surface area contributed by atoms with Crippen LogP contribution < -0.4 is 0 Å². The van der Waals surface area contributed by atoms with E-state index >= 15 is 0 Å². The molecule has 0 aliphatic carbocycles. The maximum Gasteiger partial charge on any atom is 0.392 e. The normalized spacial score (nSPS) is 14.8. The van der Waals surface area contributed by atoms with Crippen LogP contribution in [0.3, 0.4) is 0 Å². The molecule has 0 bridgehead atoms. The summed E-state index contributed by atoms with van der Waals surface area (Å²) in [4.78, 5) is 11.7. The number of carbonyl (C=O) groups excluding carboxylic acids is 1. The minimum Gasteiger partial charge on any atom is -0.466 e. The van der Waals surface area contributed by atoms with Crippen LogP contribution in [-0.2, 0) is 9.53 Å². The van der Waals surface area contributed by atoms with Crippen LogP contribution in [-0.4, -0.2) is 18.8 Å². The Morgan fingerprint density at radius 2 is 1.79 bits per heavy atom. The van der Waals surface area contributed by atoms with E-state index in [9.17, 15) is 22.4 Å². The minimum atomic E-state index is -4.54. The number of esters is 1. The van der Waals surface area contributed by atoms with Gasteiger partial charge in [-0.05, 0) is 24.6 Å². The summed E-state index contributed by atoms with van der Waals surface area (Å²) in [6, 6.07) is 4.37. The third kappa shape index (κ3) is 3.94. The van der Waals surface area contributed by atoms with E-state index in [1.165, 1.54) is 19.1 Å². The molecule has 0 saturated heterocycles. The van der Waals surface area contributed by atoms with Crippen LogP contribution in [0.15, 0.2) is 24.3 Å².